The van der Waals surface area contributed by atoms with E-state index in [4.69, 9.17) is 5.73 Å². The summed E-state index contributed by atoms with van der Waals surface area (Å²) in [6, 6.07) is 9.17. The van der Waals surface area contributed by atoms with Crippen molar-refractivity contribution in [1.29, 1.82) is 0 Å². The van der Waals surface area contributed by atoms with Crippen molar-refractivity contribution in [3.8, 4) is 0 Å². The Morgan fingerprint density at radius 2 is 2.05 bits per heavy atom. The summed E-state index contributed by atoms with van der Waals surface area (Å²) in [6.45, 7) is 1.32. The van der Waals surface area contributed by atoms with Crippen molar-refractivity contribution in [3.63, 3.8) is 0 Å². The molecule has 1 aromatic rings. The third-order valence-corrected chi connectivity index (χ3v) is 5.26. The first-order chi connectivity index (χ1) is 9.81. The van der Waals surface area contributed by atoms with Gasteiger partial charge in [-0.2, -0.15) is 0 Å². The highest BCUT2D eigenvalue weighted by molar-refractivity contribution is 5.84. The lowest BCUT2D eigenvalue weighted by Gasteiger charge is -2.22. The number of rotatable bonds is 4. The molecule has 3 aliphatic rings. The molecule has 3 atom stereocenters. The Hall–Kier alpha value is -1.35. The van der Waals surface area contributed by atoms with E-state index >= 15 is 0 Å². The summed E-state index contributed by atoms with van der Waals surface area (Å²) in [5, 5.41) is 0. The van der Waals surface area contributed by atoms with E-state index in [-0.39, 0.29) is 5.92 Å². The van der Waals surface area contributed by atoms with Gasteiger partial charge >= 0.3 is 0 Å². The summed E-state index contributed by atoms with van der Waals surface area (Å²) in [5.41, 5.74) is 8.58. The third kappa shape index (κ3) is 1.87. The van der Waals surface area contributed by atoms with Gasteiger partial charge < -0.3 is 10.6 Å². The normalized spacial score (nSPS) is 30.4. The van der Waals surface area contributed by atoms with Crippen molar-refractivity contribution in [2.45, 2.75) is 37.6 Å². The second kappa shape index (κ2) is 4.59. The number of amides is 1. The van der Waals surface area contributed by atoms with Crippen molar-refractivity contribution in [3.05, 3.63) is 35.4 Å². The number of nitrogens with zero attached hydrogens (tertiary/aromatic N) is 1. The molecule has 3 heteroatoms. The lowest BCUT2D eigenvalue weighted by molar-refractivity contribution is -0.133. The van der Waals surface area contributed by atoms with Crippen LogP contribution in [-0.4, -0.2) is 29.9 Å². The fourth-order valence-electron chi connectivity index (χ4n) is 4.09. The lowest BCUT2D eigenvalue weighted by atomic mass is 9.92. The van der Waals surface area contributed by atoms with Gasteiger partial charge in [-0.15, -0.1) is 0 Å². The molecule has 0 saturated heterocycles. The molecule has 3 aliphatic carbocycles. The van der Waals surface area contributed by atoms with Gasteiger partial charge in [0.25, 0.3) is 0 Å². The minimum atomic E-state index is 0.241. The number of carbonyl (C=O) groups excluding carboxylic acids is 1. The number of aryl methyl sites for hydroxylation is 1. The molecule has 0 spiro atoms. The van der Waals surface area contributed by atoms with Gasteiger partial charge in [0.2, 0.25) is 5.91 Å². The van der Waals surface area contributed by atoms with Crippen LogP contribution in [0.5, 0.6) is 0 Å². The van der Waals surface area contributed by atoms with Crippen LogP contribution in [-0.2, 0) is 11.2 Å². The van der Waals surface area contributed by atoms with Gasteiger partial charge in [0, 0.05) is 25.0 Å². The van der Waals surface area contributed by atoms with E-state index in [9.17, 15) is 4.79 Å². The van der Waals surface area contributed by atoms with Crippen LogP contribution < -0.4 is 5.73 Å². The zero-order valence-electron chi connectivity index (χ0n) is 11.8. The Labute approximate surface area is 120 Å². The highest BCUT2D eigenvalue weighted by Crippen LogP contribution is 2.60. The molecular formula is C17H22N2O. The van der Waals surface area contributed by atoms with E-state index in [0.717, 1.165) is 13.0 Å². The zero-order valence-corrected chi connectivity index (χ0v) is 11.8. The minimum Gasteiger partial charge on any atom is -0.338 e. The Kier molecular flexibility index (Phi) is 2.84. The highest BCUT2D eigenvalue weighted by atomic mass is 16.2. The highest BCUT2D eigenvalue weighted by Gasteiger charge is 2.58. The first-order valence-corrected chi connectivity index (χ1v) is 7.89. The number of benzene rings is 1. The maximum atomic E-state index is 12.8. The summed E-state index contributed by atoms with van der Waals surface area (Å²) < 4.78 is 0. The molecule has 20 heavy (non-hydrogen) atoms. The molecule has 4 rings (SSSR count). The van der Waals surface area contributed by atoms with Crippen LogP contribution in [0.2, 0.25) is 0 Å². The largest absolute Gasteiger partial charge is 0.338 e. The van der Waals surface area contributed by atoms with Crippen LogP contribution in [0.25, 0.3) is 0 Å². The van der Waals surface area contributed by atoms with Crippen molar-refractivity contribution in [1.82, 2.24) is 4.90 Å². The third-order valence-electron chi connectivity index (χ3n) is 5.26. The van der Waals surface area contributed by atoms with Crippen LogP contribution in [0.15, 0.2) is 24.3 Å². The minimum absolute atomic E-state index is 0.241. The van der Waals surface area contributed by atoms with Crippen LogP contribution in [0.4, 0.5) is 0 Å². The van der Waals surface area contributed by atoms with Crippen LogP contribution in [0, 0.1) is 11.8 Å². The smallest absolute Gasteiger partial charge is 0.226 e. The molecule has 1 aromatic carbocycles. The zero-order chi connectivity index (χ0) is 13.7. The molecule has 1 amide bonds. The number of hydrogen-bond donors (Lipinski definition) is 1. The fraction of sp³-hybridized carbons (Fsp3) is 0.588. The number of nitrogens with two attached hydrogens (primary N) is 1. The second-order valence-corrected chi connectivity index (χ2v) is 6.50. The van der Waals surface area contributed by atoms with Gasteiger partial charge in [-0.3, -0.25) is 4.79 Å². The van der Waals surface area contributed by atoms with E-state index in [1.54, 1.807) is 0 Å². The first kappa shape index (κ1) is 12.4. The van der Waals surface area contributed by atoms with Crippen molar-refractivity contribution in [2.75, 3.05) is 13.1 Å². The summed E-state index contributed by atoms with van der Waals surface area (Å²) in [7, 11) is 0. The predicted octanol–water partition coefficient (Wildman–Crippen LogP) is 1.91. The summed E-state index contributed by atoms with van der Waals surface area (Å²) in [6.07, 6.45) is 4.66. The van der Waals surface area contributed by atoms with Crippen molar-refractivity contribution >= 4 is 5.91 Å². The number of carbonyl (C=O) groups is 1. The van der Waals surface area contributed by atoms with Gasteiger partial charge in [-0.1, -0.05) is 24.3 Å². The average Bonchev–Trinajstić information content (AvgIpc) is 3.37. The van der Waals surface area contributed by atoms with E-state index in [2.05, 4.69) is 29.2 Å². The van der Waals surface area contributed by atoms with Gasteiger partial charge in [-0.25, -0.2) is 0 Å². The predicted molar refractivity (Wildman–Crippen MR) is 78.3 cm³/mol. The topological polar surface area (TPSA) is 46.3 Å². The number of fused-ring (bicyclic) bond motifs is 3. The van der Waals surface area contributed by atoms with E-state index < -0.39 is 0 Å². The summed E-state index contributed by atoms with van der Waals surface area (Å²) >= 11 is 0. The quantitative estimate of drug-likeness (QED) is 0.908. The number of hydrogen-bond acceptors (Lipinski definition) is 2. The molecule has 2 N–H and O–H groups in total. The van der Waals surface area contributed by atoms with Crippen LogP contribution in [0.3, 0.4) is 0 Å². The SMILES string of the molecule is NCCN(C(=O)C1C2CCc3ccccc3C21)C1CC1. The molecule has 0 aliphatic heterocycles. The monoisotopic (exact) mass is 270 g/mol. The van der Waals surface area contributed by atoms with E-state index in [0.29, 0.717) is 30.3 Å². The molecule has 0 aromatic heterocycles. The van der Waals surface area contributed by atoms with Gasteiger partial charge in [0.1, 0.15) is 0 Å². The Bertz CT molecular complexity index is 538. The maximum Gasteiger partial charge on any atom is 0.226 e. The van der Waals surface area contributed by atoms with Crippen LogP contribution >= 0.6 is 0 Å². The Morgan fingerprint density at radius 3 is 2.80 bits per heavy atom. The van der Waals surface area contributed by atoms with E-state index in [1.807, 2.05) is 0 Å². The molecule has 2 fully saturated rings. The molecule has 3 unspecified atom stereocenters. The second-order valence-electron chi connectivity index (χ2n) is 6.50. The molecule has 3 nitrogen and oxygen atoms in total. The maximum absolute atomic E-state index is 12.8. The molecule has 0 radical (unpaired) electrons. The Balaban J connectivity index is 1.55. The molecule has 106 valence electrons. The van der Waals surface area contributed by atoms with Gasteiger partial charge in [-0.05, 0) is 48.6 Å². The van der Waals surface area contributed by atoms with Crippen molar-refractivity contribution in [2.24, 2.45) is 17.6 Å². The van der Waals surface area contributed by atoms with Gasteiger partial charge in [0.15, 0.2) is 0 Å². The van der Waals surface area contributed by atoms with Crippen molar-refractivity contribution < 1.29 is 4.79 Å². The van der Waals surface area contributed by atoms with Gasteiger partial charge in [0.05, 0.1) is 0 Å². The van der Waals surface area contributed by atoms with Crippen LogP contribution in [0.1, 0.15) is 36.3 Å². The lowest BCUT2D eigenvalue weighted by Crippen LogP contribution is -2.38. The fourth-order valence-corrected chi connectivity index (χ4v) is 4.09. The summed E-state index contributed by atoms with van der Waals surface area (Å²) in [4.78, 5) is 14.9. The standard InChI is InChI=1S/C17H22N2O/c18-9-10-19(12-6-7-12)17(20)16-14-8-5-11-3-1-2-4-13(11)15(14)16/h1-4,12,14-16H,5-10,18H2. The van der Waals surface area contributed by atoms with E-state index in [1.165, 1.54) is 30.4 Å². The Morgan fingerprint density at radius 1 is 1.25 bits per heavy atom. The molecule has 0 heterocycles. The average molecular weight is 270 g/mol. The molecular weight excluding hydrogens is 248 g/mol. The summed E-state index contributed by atoms with van der Waals surface area (Å²) in [5.74, 6) is 1.71. The molecule has 0 bridgehead atoms. The molecule has 2 saturated carbocycles. The first-order valence-electron chi connectivity index (χ1n) is 7.89.